The van der Waals surface area contributed by atoms with E-state index in [1.54, 1.807) is 19.1 Å². The number of likely N-dealkylation sites (N-methyl/N-ethyl adjacent to an activating group) is 1. The molecule has 0 amide bonds. The van der Waals surface area contributed by atoms with Crippen LogP contribution in [-0.2, 0) is 11.2 Å². The lowest BCUT2D eigenvalue weighted by Gasteiger charge is -2.14. The van der Waals surface area contributed by atoms with Crippen molar-refractivity contribution >= 4 is 5.78 Å². The highest BCUT2D eigenvalue weighted by Gasteiger charge is 2.12. The summed E-state index contributed by atoms with van der Waals surface area (Å²) in [5.74, 6) is 0.395. The summed E-state index contributed by atoms with van der Waals surface area (Å²) in [5, 5.41) is 12.3. The summed E-state index contributed by atoms with van der Waals surface area (Å²) in [5.41, 5.74) is 1.05. The summed E-state index contributed by atoms with van der Waals surface area (Å²) < 4.78 is 0. The van der Waals surface area contributed by atoms with Gasteiger partial charge in [-0.15, -0.1) is 0 Å². The number of Topliss-reactive ketones (excluding diaryl/α,β-unsaturated/α-hetero) is 1. The first-order valence-electron chi connectivity index (χ1n) is 5.15. The highest BCUT2D eigenvalue weighted by Crippen LogP contribution is 2.11. The normalized spacial score (nSPS) is 12.4. The number of hydrogen-bond acceptors (Lipinski definition) is 3. The molecule has 0 aliphatic heterocycles. The third-order valence-corrected chi connectivity index (χ3v) is 2.32. The molecule has 1 rings (SSSR count). The zero-order valence-electron chi connectivity index (χ0n) is 9.16. The second-order valence-electron chi connectivity index (χ2n) is 3.59. The van der Waals surface area contributed by atoms with Crippen LogP contribution in [-0.4, -0.2) is 23.5 Å². The fraction of sp³-hybridized carbons (Fsp3) is 0.417. The molecular weight excluding hydrogens is 190 g/mol. The van der Waals surface area contributed by atoms with E-state index >= 15 is 0 Å². The number of carbonyl (C=O) groups is 1. The zero-order chi connectivity index (χ0) is 11.3. The van der Waals surface area contributed by atoms with Gasteiger partial charge in [-0.2, -0.15) is 0 Å². The van der Waals surface area contributed by atoms with Crippen molar-refractivity contribution in [2.24, 2.45) is 0 Å². The Morgan fingerprint density at radius 1 is 1.40 bits per heavy atom. The Morgan fingerprint density at radius 2 is 2.00 bits per heavy atom. The Bertz CT molecular complexity index is 319. The summed E-state index contributed by atoms with van der Waals surface area (Å²) in [7, 11) is 0. The van der Waals surface area contributed by atoms with Crippen molar-refractivity contribution in [1.29, 1.82) is 0 Å². The van der Waals surface area contributed by atoms with E-state index in [0.29, 0.717) is 6.42 Å². The van der Waals surface area contributed by atoms with Crippen LogP contribution in [0.25, 0.3) is 0 Å². The predicted octanol–water partition coefficient (Wildman–Crippen LogP) is 1.50. The third kappa shape index (κ3) is 3.72. The predicted molar refractivity (Wildman–Crippen MR) is 60.0 cm³/mol. The number of phenolic OH excluding ortho intramolecular Hbond substituents is 1. The van der Waals surface area contributed by atoms with E-state index in [4.69, 9.17) is 5.11 Å². The fourth-order valence-corrected chi connectivity index (χ4v) is 1.47. The third-order valence-electron chi connectivity index (χ3n) is 2.32. The molecule has 82 valence electrons. The fourth-order valence-electron chi connectivity index (χ4n) is 1.47. The molecule has 0 spiro atoms. The lowest BCUT2D eigenvalue weighted by atomic mass is 10.0. The molecule has 0 bridgehead atoms. The second-order valence-corrected chi connectivity index (χ2v) is 3.59. The minimum absolute atomic E-state index is 0.125. The van der Waals surface area contributed by atoms with E-state index in [0.717, 1.165) is 12.1 Å². The molecule has 0 aliphatic carbocycles. The van der Waals surface area contributed by atoms with Gasteiger partial charge in [-0.3, -0.25) is 4.79 Å². The minimum atomic E-state index is -0.125. The van der Waals surface area contributed by atoms with Crippen LogP contribution in [0.2, 0.25) is 0 Å². The number of hydrogen-bond donors (Lipinski definition) is 2. The van der Waals surface area contributed by atoms with Gasteiger partial charge in [-0.25, -0.2) is 0 Å². The topological polar surface area (TPSA) is 49.3 Å². The van der Waals surface area contributed by atoms with Crippen LogP contribution in [0.4, 0.5) is 0 Å². The maximum atomic E-state index is 11.3. The van der Waals surface area contributed by atoms with Crippen LogP contribution in [0.15, 0.2) is 24.3 Å². The molecule has 0 aliphatic rings. The molecule has 0 heterocycles. The minimum Gasteiger partial charge on any atom is -0.508 e. The summed E-state index contributed by atoms with van der Waals surface area (Å²) >= 11 is 0. The highest BCUT2D eigenvalue weighted by molar-refractivity contribution is 5.81. The number of nitrogens with one attached hydrogen (secondary N) is 1. The van der Waals surface area contributed by atoms with Crippen molar-refractivity contribution in [3.8, 4) is 5.75 Å². The Labute approximate surface area is 90.1 Å². The standard InChI is InChI=1S/C12H17NO2/c1-3-13-12(9(2)14)8-10-4-6-11(15)7-5-10/h4-7,12-13,15H,3,8H2,1-2H3. The molecule has 1 unspecified atom stereocenters. The number of phenols is 1. The van der Waals surface area contributed by atoms with Crippen molar-refractivity contribution < 1.29 is 9.90 Å². The second kappa shape index (κ2) is 5.51. The molecular formula is C12H17NO2. The first-order valence-corrected chi connectivity index (χ1v) is 5.15. The Kier molecular flexibility index (Phi) is 4.31. The number of rotatable bonds is 5. The van der Waals surface area contributed by atoms with Gasteiger partial charge in [-0.1, -0.05) is 19.1 Å². The van der Waals surface area contributed by atoms with Crippen LogP contribution in [0, 0.1) is 0 Å². The SMILES string of the molecule is CCNC(Cc1ccc(O)cc1)C(C)=O. The van der Waals surface area contributed by atoms with Crippen molar-refractivity contribution in [3.05, 3.63) is 29.8 Å². The van der Waals surface area contributed by atoms with Crippen molar-refractivity contribution in [2.45, 2.75) is 26.3 Å². The van der Waals surface area contributed by atoms with E-state index in [9.17, 15) is 4.79 Å². The maximum absolute atomic E-state index is 11.3. The quantitative estimate of drug-likeness (QED) is 0.769. The van der Waals surface area contributed by atoms with Crippen LogP contribution >= 0.6 is 0 Å². The van der Waals surface area contributed by atoms with E-state index < -0.39 is 0 Å². The average molecular weight is 207 g/mol. The Hall–Kier alpha value is -1.35. The Balaban J connectivity index is 2.65. The highest BCUT2D eigenvalue weighted by atomic mass is 16.3. The number of aromatic hydroxyl groups is 1. The van der Waals surface area contributed by atoms with Crippen LogP contribution in [0.3, 0.4) is 0 Å². The van der Waals surface area contributed by atoms with Crippen LogP contribution in [0.1, 0.15) is 19.4 Å². The largest absolute Gasteiger partial charge is 0.508 e. The molecule has 1 atom stereocenters. The van der Waals surface area contributed by atoms with Gasteiger partial charge in [0.15, 0.2) is 0 Å². The van der Waals surface area contributed by atoms with Crippen molar-refractivity contribution in [3.63, 3.8) is 0 Å². The van der Waals surface area contributed by atoms with Crippen LogP contribution in [0.5, 0.6) is 5.75 Å². The first-order chi connectivity index (χ1) is 7.13. The van der Waals surface area contributed by atoms with Gasteiger partial charge in [0, 0.05) is 0 Å². The molecule has 0 radical (unpaired) electrons. The molecule has 15 heavy (non-hydrogen) atoms. The van der Waals surface area contributed by atoms with Crippen molar-refractivity contribution in [2.75, 3.05) is 6.54 Å². The van der Waals surface area contributed by atoms with Gasteiger partial charge < -0.3 is 10.4 Å². The molecule has 0 fully saturated rings. The van der Waals surface area contributed by atoms with Crippen molar-refractivity contribution in [1.82, 2.24) is 5.32 Å². The first kappa shape index (κ1) is 11.7. The monoisotopic (exact) mass is 207 g/mol. The van der Waals surface area contributed by atoms with Gasteiger partial charge in [0.25, 0.3) is 0 Å². The van der Waals surface area contributed by atoms with Gasteiger partial charge in [0.1, 0.15) is 11.5 Å². The van der Waals surface area contributed by atoms with Gasteiger partial charge in [0.2, 0.25) is 0 Å². The summed E-state index contributed by atoms with van der Waals surface area (Å²) in [6, 6.07) is 6.82. The van der Waals surface area contributed by atoms with E-state index in [-0.39, 0.29) is 17.6 Å². The van der Waals surface area contributed by atoms with Gasteiger partial charge in [-0.05, 0) is 37.6 Å². The lowest BCUT2D eigenvalue weighted by molar-refractivity contribution is -0.118. The lowest BCUT2D eigenvalue weighted by Crippen LogP contribution is -2.36. The van der Waals surface area contributed by atoms with E-state index in [2.05, 4.69) is 5.32 Å². The number of ketones is 1. The zero-order valence-corrected chi connectivity index (χ0v) is 9.16. The summed E-state index contributed by atoms with van der Waals surface area (Å²) in [6.45, 7) is 4.35. The molecule has 1 aromatic rings. The van der Waals surface area contributed by atoms with Gasteiger partial charge >= 0.3 is 0 Å². The summed E-state index contributed by atoms with van der Waals surface area (Å²) in [6.07, 6.45) is 0.670. The maximum Gasteiger partial charge on any atom is 0.147 e. The van der Waals surface area contributed by atoms with E-state index in [1.807, 2.05) is 19.1 Å². The molecule has 0 saturated carbocycles. The van der Waals surface area contributed by atoms with Crippen LogP contribution < -0.4 is 5.32 Å². The molecule has 0 aromatic heterocycles. The molecule has 1 aromatic carbocycles. The molecule has 2 N–H and O–H groups in total. The smallest absolute Gasteiger partial charge is 0.147 e. The molecule has 0 saturated heterocycles. The molecule has 3 heteroatoms. The summed E-state index contributed by atoms with van der Waals surface area (Å²) in [4.78, 5) is 11.3. The Morgan fingerprint density at radius 3 is 2.47 bits per heavy atom. The van der Waals surface area contributed by atoms with E-state index in [1.165, 1.54) is 0 Å². The number of benzene rings is 1. The molecule has 3 nitrogen and oxygen atoms in total. The number of carbonyl (C=O) groups excluding carboxylic acids is 1. The van der Waals surface area contributed by atoms with Gasteiger partial charge in [0.05, 0.1) is 6.04 Å². The average Bonchev–Trinajstić information content (AvgIpc) is 2.20.